The Bertz CT molecular complexity index is 276. The molecule has 0 spiro atoms. The van der Waals surface area contributed by atoms with Crippen molar-refractivity contribution in [2.24, 2.45) is 0 Å². The smallest absolute Gasteiger partial charge is 0.0982 e. The Balaban J connectivity index is 1.87. The average Bonchev–Trinajstić information content (AvgIpc) is 2.89. The van der Waals surface area contributed by atoms with Crippen LogP contribution < -0.4 is 5.32 Å². The van der Waals surface area contributed by atoms with E-state index in [-0.39, 0.29) is 6.61 Å². The van der Waals surface area contributed by atoms with Crippen LogP contribution in [0.15, 0.2) is 24.6 Å². The van der Waals surface area contributed by atoms with Crippen LogP contribution in [0.25, 0.3) is 0 Å². The number of unbranched alkanes of at least 4 members (excludes halogenated alkanes) is 7. The fourth-order valence-corrected chi connectivity index (χ4v) is 2.69. The Morgan fingerprint density at radius 2 is 1.80 bits per heavy atom. The molecule has 1 aliphatic heterocycles. The van der Waals surface area contributed by atoms with Crippen molar-refractivity contribution in [1.29, 1.82) is 0 Å². The highest BCUT2D eigenvalue weighted by atomic mass is 16.3. The van der Waals surface area contributed by atoms with Crippen LogP contribution in [0.5, 0.6) is 0 Å². The first-order valence-corrected chi connectivity index (χ1v) is 8.29. The minimum absolute atomic E-state index is 0.232. The lowest BCUT2D eigenvalue weighted by atomic mass is 10.1. The molecule has 1 rings (SSSR count). The van der Waals surface area contributed by atoms with Gasteiger partial charge in [0.05, 0.1) is 12.8 Å². The highest BCUT2D eigenvalue weighted by Gasteiger charge is 2.16. The number of allylic oxidation sites excluding steroid dienone is 2. The van der Waals surface area contributed by atoms with Crippen LogP contribution in [-0.4, -0.2) is 29.3 Å². The molecule has 0 aromatic heterocycles. The first-order chi connectivity index (χ1) is 9.88. The lowest BCUT2D eigenvalue weighted by molar-refractivity contribution is 0.194. The van der Waals surface area contributed by atoms with Crippen LogP contribution >= 0.6 is 0 Å². The molecule has 0 fully saturated rings. The summed E-state index contributed by atoms with van der Waals surface area (Å²) in [5, 5.41) is 12.3. The molecule has 1 heterocycles. The van der Waals surface area contributed by atoms with E-state index < -0.39 is 0 Å². The molecule has 20 heavy (non-hydrogen) atoms. The van der Waals surface area contributed by atoms with E-state index in [1.807, 2.05) is 12.4 Å². The van der Waals surface area contributed by atoms with Gasteiger partial charge in [0, 0.05) is 18.9 Å². The normalized spacial score (nSPS) is 18.1. The first kappa shape index (κ1) is 17.1. The van der Waals surface area contributed by atoms with Gasteiger partial charge in [-0.05, 0) is 32.6 Å². The topological polar surface area (TPSA) is 35.5 Å². The minimum Gasteiger partial charge on any atom is -0.395 e. The lowest BCUT2D eigenvalue weighted by Crippen LogP contribution is -2.36. The second-order valence-corrected chi connectivity index (χ2v) is 5.58. The molecule has 0 radical (unpaired) electrons. The molecule has 116 valence electrons. The SMILES string of the molecule is C/C=C/CCCCCCCCCC1NC=CN1CCO. The molecular weight excluding hydrogens is 248 g/mol. The van der Waals surface area contributed by atoms with Crippen LogP contribution in [0.1, 0.15) is 64.7 Å². The molecule has 0 bridgehead atoms. The monoisotopic (exact) mass is 280 g/mol. The third kappa shape index (κ3) is 7.59. The number of rotatable bonds is 12. The fraction of sp³-hybridized carbons (Fsp3) is 0.765. The van der Waals surface area contributed by atoms with Crippen molar-refractivity contribution in [3.05, 3.63) is 24.6 Å². The summed E-state index contributed by atoms with van der Waals surface area (Å²) in [5.41, 5.74) is 0. The quantitative estimate of drug-likeness (QED) is 0.422. The summed E-state index contributed by atoms with van der Waals surface area (Å²) in [6.07, 6.45) is 20.7. The third-order valence-corrected chi connectivity index (χ3v) is 3.90. The van der Waals surface area contributed by atoms with Gasteiger partial charge in [0.1, 0.15) is 0 Å². The second kappa shape index (κ2) is 11.8. The maximum absolute atomic E-state index is 8.98. The van der Waals surface area contributed by atoms with Gasteiger partial charge in [-0.3, -0.25) is 0 Å². The highest BCUT2D eigenvalue weighted by molar-refractivity contribution is 4.93. The predicted octanol–water partition coefficient (Wildman–Crippen LogP) is 3.77. The highest BCUT2D eigenvalue weighted by Crippen LogP contribution is 2.14. The molecule has 3 heteroatoms. The summed E-state index contributed by atoms with van der Waals surface area (Å²) in [6, 6.07) is 0. The van der Waals surface area contributed by atoms with Crippen LogP contribution in [0.3, 0.4) is 0 Å². The summed E-state index contributed by atoms with van der Waals surface area (Å²) in [6.45, 7) is 3.06. The summed E-state index contributed by atoms with van der Waals surface area (Å²) in [7, 11) is 0. The van der Waals surface area contributed by atoms with Gasteiger partial charge < -0.3 is 15.3 Å². The van der Waals surface area contributed by atoms with E-state index in [0.29, 0.717) is 6.17 Å². The van der Waals surface area contributed by atoms with E-state index in [1.54, 1.807) is 0 Å². The number of nitrogens with zero attached hydrogens (tertiary/aromatic N) is 1. The fourth-order valence-electron chi connectivity index (χ4n) is 2.69. The van der Waals surface area contributed by atoms with E-state index in [4.69, 9.17) is 5.11 Å². The molecule has 3 nitrogen and oxygen atoms in total. The van der Waals surface area contributed by atoms with Gasteiger partial charge in [0.25, 0.3) is 0 Å². The molecule has 0 amide bonds. The van der Waals surface area contributed by atoms with Crippen molar-refractivity contribution < 1.29 is 5.11 Å². The van der Waals surface area contributed by atoms with Gasteiger partial charge >= 0.3 is 0 Å². The summed E-state index contributed by atoms with van der Waals surface area (Å²) in [4.78, 5) is 2.20. The molecule has 2 N–H and O–H groups in total. The van der Waals surface area contributed by atoms with E-state index in [1.165, 1.54) is 57.8 Å². The first-order valence-electron chi connectivity index (χ1n) is 8.29. The third-order valence-electron chi connectivity index (χ3n) is 3.90. The number of nitrogens with one attached hydrogen (secondary N) is 1. The zero-order chi connectivity index (χ0) is 14.5. The van der Waals surface area contributed by atoms with Gasteiger partial charge in [0.15, 0.2) is 0 Å². The maximum Gasteiger partial charge on any atom is 0.0982 e. The summed E-state index contributed by atoms with van der Waals surface area (Å²) >= 11 is 0. The molecule has 1 unspecified atom stereocenters. The number of aliphatic hydroxyl groups is 1. The van der Waals surface area contributed by atoms with E-state index >= 15 is 0 Å². The molecule has 0 saturated carbocycles. The summed E-state index contributed by atoms with van der Waals surface area (Å²) < 4.78 is 0. The van der Waals surface area contributed by atoms with E-state index in [0.717, 1.165) is 6.54 Å². The van der Waals surface area contributed by atoms with Crippen LogP contribution in [0.2, 0.25) is 0 Å². The van der Waals surface area contributed by atoms with Crippen LogP contribution in [0.4, 0.5) is 0 Å². The molecule has 1 atom stereocenters. The summed E-state index contributed by atoms with van der Waals surface area (Å²) in [5.74, 6) is 0. The Labute approximate surface area is 124 Å². The zero-order valence-electron chi connectivity index (χ0n) is 13.1. The van der Waals surface area contributed by atoms with Gasteiger partial charge in [-0.15, -0.1) is 0 Å². The Morgan fingerprint density at radius 1 is 1.10 bits per heavy atom. The number of hydrogen-bond acceptors (Lipinski definition) is 3. The van der Waals surface area contributed by atoms with Crippen LogP contribution in [0, 0.1) is 0 Å². The number of aliphatic hydroxyl groups excluding tert-OH is 1. The number of hydrogen-bond donors (Lipinski definition) is 2. The van der Waals surface area contributed by atoms with E-state index in [9.17, 15) is 0 Å². The minimum atomic E-state index is 0.232. The Kier molecular flexibility index (Phi) is 10.1. The molecule has 0 aliphatic carbocycles. The largest absolute Gasteiger partial charge is 0.395 e. The average molecular weight is 280 g/mol. The van der Waals surface area contributed by atoms with Crippen molar-refractivity contribution in [3.8, 4) is 0 Å². The zero-order valence-corrected chi connectivity index (χ0v) is 13.1. The Morgan fingerprint density at radius 3 is 2.50 bits per heavy atom. The maximum atomic E-state index is 8.98. The molecule has 0 aromatic rings. The van der Waals surface area contributed by atoms with Crippen LogP contribution in [-0.2, 0) is 0 Å². The van der Waals surface area contributed by atoms with Crippen molar-refractivity contribution in [3.63, 3.8) is 0 Å². The van der Waals surface area contributed by atoms with Crippen molar-refractivity contribution >= 4 is 0 Å². The molecule has 1 aliphatic rings. The van der Waals surface area contributed by atoms with Gasteiger partial charge in [0.2, 0.25) is 0 Å². The van der Waals surface area contributed by atoms with Gasteiger partial charge in [-0.25, -0.2) is 0 Å². The van der Waals surface area contributed by atoms with Crippen molar-refractivity contribution in [1.82, 2.24) is 10.2 Å². The van der Waals surface area contributed by atoms with Crippen molar-refractivity contribution in [2.45, 2.75) is 70.9 Å². The molecular formula is C17H32N2O. The number of β-amino-alcohol motifs (C(OH)–C–C–N with tert-alkyl or cyclic N) is 1. The predicted molar refractivity (Wildman–Crippen MR) is 86.2 cm³/mol. The standard InChI is InChI=1S/C17H32N2O/c1-2-3-4-5-6-7-8-9-10-11-12-17-18-13-14-19(17)15-16-20/h2-3,13-14,17-18,20H,4-12,15-16H2,1H3/b3-2+. The molecule has 0 saturated heterocycles. The lowest BCUT2D eigenvalue weighted by Gasteiger charge is -2.24. The molecule has 0 aromatic carbocycles. The Hall–Kier alpha value is -0.960. The second-order valence-electron chi connectivity index (χ2n) is 5.58. The van der Waals surface area contributed by atoms with Crippen molar-refractivity contribution in [2.75, 3.05) is 13.2 Å². The van der Waals surface area contributed by atoms with Gasteiger partial charge in [-0.2, -0.15) is 0 Å². The van der Waals surface area contributed by atoms with Gasteiger partial charge in [-0.1, -0.05) is 44.3 Å². The van der Waals surface area contributed by atoms with E-state index in [2.05, 4.69) is 29.3 Å².